The van der Waals surface area contributed by atoms with Crippen LogP contribution in [-0.4, -0.2) is 5.11 Å². The second kappa shape index (κ2) is 7.71. The molecule has 0 amide bonds. The lowest BCUT2D eigenvalue weighted by Gasteiger charge is -2.25. The molecule has 6 heteroatoms. The molecule has 1 heterocycles. The van der Waals surface area contributed by atoms with E-state index in [1.54, 1.807) is 18.4 Å². The van der Waals surface area contributed by atoms with E-state index < -0.39 is 0 Å². The summed E-state index contributed by atoms with van der Waals surface area (Å²) >= 11 is 17.8. The number of para-hydroxylation sites is 1. The molecule has 3 nitrogen and oxygen atoms in total. The Morgan fingerprint density at radius 3 is 2.46 bits per heavy atom. The lowest BCUT2D eigenvalue weighted by molar-refractivity contribution is 0.512. The number of benzene rings is 2. The van der Waals surface area contributed by atoms with Crippen LogP contribution >= 0.6 is 35.4 Å². The highest BCUT2D eigenvalue weighted by molar-refractivity contribution is 7.80. The number of hydrogen-bond donors (Lipinski definition) is 1. The maximum atomic E-state index is 6.16. The highest BCUT2D eigenvalue weighted by atomic mass is 35.5. The quantitative estimate of drug-likeness (QED) is 0.566. The molecule has 0 aliphatic heterocycles. The Hall–Kier alpha value is -2.01. The summed E-state index contributed by atoms with van der Waals surface area (Å²) in [7, 11) is 0. The van der Waals surface area contributed by atoms with E-state index >= 15 is 0 Å². The van der Waals surface area contributed by atoms with Crippen LogP contribution in [0, 0.1) is 0 Å². The second-order valence-electron chi connectivity index (χ2n) is 5.06. The molecule has 1 N–H and O–H groups in total. The van der Waals surface area contributed by atoms with Gasteiger partial charge < -0.3 is 14.6 Å². The molecule has 0 spiro atoms. The largest absolute Gasteiger partial charge is 0.467 e. The van der Waals surface area contributed by atoms with Crippen LogP contribution in [0.1, 0.15) is 5.76 Å². The van der Waals surface area contributed by atoms with Crippen molar-refractivity contribution < 1.29 is 4.42 Å². The van der Waals surface area contributed by atoms with E-state index in [0.29, 0.717) is 21.7 Å². The number of anilines is 2. The fraction of sp³-hybridized carbons (Fsp3) is 0.0556. The molecule has 0 saturated carbocycles. The first-order valence-electron chi connectivity index (χ1n) is 7.24. The van der Waals surface area contributed by atoms with Crippen LogP contribution in [0.2, 0.25) is 10.0 Å². The number of thiocarbonyl (C=S) groups is 1. The molecule has 3 rings (SSSR count). The summed E-state index contributed by atoms with van der Waals surface area (Å²) in [5, 5.41) is 4.74. The van der Waals surface area contributed by atoms with Gasteiger partial charge in [-0.25, -0.2) is 0 Å². The van der Waals surface area contributed by atoms with E-state index in [9.17, 15) is 0 Å². The van der Waals surface area contributed by atoms with E-state index in [2.05, 4.69) is 5.32 Å². The first-order chi connectivity index (χ1) is 11.6. The minimum Gasteiger partial charge on any atom is -0.467 e. The zero-order valence-electron chi connectivity index (χ0n) is 12.6. The first-order valence-corrected chi connectivity index (χ1v) is 8.41. The molecule has 0 radical (unpaired) electrons. The predicted octanol–water partition coefficient (Wildman–Crippen LogP) is 5.99. The average molecular weight is 377 g/mol. The topological polar surface area (TPSA) is 28.4 Å². The standard InChI is InChI=1S/C18H14Cl2N2OS/c19-16-9-8-14(11-17(16)20)22(12-15-7-4-10-23-15)18(24)21-13-5-2-1-3-6-13/h1-11H,12H2,(H,21,24). The van der Waals surface area contributed by atoms with Crippen LogP contribution in [0.25, 0.3) is 0 Å². The van der Waals surface area contributed by atoms with Gasteiger partial charge in [0, 0.05) is 11.4 Å². The summed E-state index contributed by atoms with van der Waals surface area (Å²) < 4.78 is 5.45. The third-order valence-electron chi connectivity index (χ3n) is 3.38. The molecule has 0 aliphatic rings. The molecular weight excluding hydrogens is 363 g/mol. The second-order valence-corrected chi connectivity index (χ2v) is 6.26. The molecular formula is C18H14Cl2N2OS. The monoisotopic (exact) mass is 376 g/mol. The van der Waals surface area contributed by atoms with Crippen molar-refractivity contribution >= 4 is 51.9 Å². The van der Waals surface area contributed by atoms with Crippen LogP contribution in [0.15, 0.2) is 71.3 Å². The van der Waals surface area contributed by atoms with Gasteiger partial charge in [-0.15, -0.1) is 0 Å². The maximum absolute atomic E-state index is 6.16. The molecule has 0 unspecified atom stereocenters. The summed E-state index contributed by atoms with van der Waals surface area (Å²) in [6, 6.07) is 18.9. The van der Waals surface area contributed by atoms with Gasteiger partial charge in [-0.1, -0.05) is 41.4 Å². The molecule has 2 aromatic carbocycles. The number of nitrogens with one attached hydrogen (secondary N) is 1. The molecule has 3 aromatic rings. The van der Waals surface area contributed by atoms with Gasteiger partial charge in [0.15, 0.2) is 5.11 Å². The molecule has 24 heavy (non-hydrogen) atoms. The molecule has 1 aromatic heterocycles. The SMILES string of the molecule is S=C(Nc1ccccc1)N(Cc1ccco1)c1ccc(Cl)c(Cl)c1. The fourth-order valence-corrected chi connectivity index (χ4v) is 2.78. The van der Waals surface area contributed by atoms with Crippen molar-refractivity contribution in [3.8, 4) is 0 Å². The van der Waals surface area contributed by atoms with Crippen molar-refractivity contribution in [2.45, 2.75) is 6.54 Å². The minimum absolute atomic E-state index is 0.473. The zero-order valence-corrected chi connectivity index (χ0v) is 14.9. The van der Waals surface area contributed by atoms with Gasteiger partial charge in [0.1, 0.15) is 5.76 Å². The van der Waals surface area contributed by atoms with Gasteiger partial charge >= 0.3 is 0 Å². The summed E-state index contributed by atoms with van der Waals surface area (Å²) in [6.45, 7) is 0.476. The molecule has 0 saturated heterocycles. The van der Waals surface area contributed by atoms with Crippen molar-refractivity contribution in [3.63, 3.8) is 0 Å². The summed E-state index contributed by atoms with van der Waals surface area (Å²) in [5.41, 5.74) is 1.74. The molecule has 0 fully saturated rings. The van der Waals surface area contributed by atoms with Gasteiger partial charge in [0.25, 0.3) is 0 Å². The highest BCUT2D eigenvalue weighted by Gasteiger charge is 2.16. The van der Waals surface area contributed by atoms with Crippen LogP contribution in [0.5, 0.6) is 0 Å². The van der Waals surface area contributed by atoms with Crippen molar-refractivity contribution in [2.75, 3.05) is 10.2 Å². The summed E-state index contributed by atoms with van der Waals surface area (Å²) in [4.78, 5) is 1.91. The predicted molar refractivity (Wildman–Crippen MR) is 104 cm³/mol. The lowest BCUT2D eigenvalue weighted by Crippen LogP contribution is -2.34. The lowest BCUT2D eigenvalue weighted by atomic mass is 10.2. The van der Waals surface area contributed by atoms with E-state index in [1.807, 2.05) is 53.4 Å². The normalized spacial score (nSPS) is 10.4. The zero-order chi connectivity index (χ0) is 16.9. The van der Waals surface area contributed by atoms with Gasteiger partial charge in [0.05, 0.1) is 22.9 Å². The number of halogens is 2. The maximum Gasteiger partial charge on any atom is 0.178 e. The summed E-state index contributed by atoms with van der Waals surface area (Å²) in [5.74, 6) is 0.790. The Labute approximate surface area is 155 Å². The van der Waals surface area contributed by atoms with Crippen molar-refractivity contribution in [1.29, 1.82) is 0 Å². The van der Waals surface area contributed by atoms with E-state index in [4.69, 9.17) is 39.8 Å². The van der Waals surface area contributed by atoms with E-state index in [0.717, 1.165) is 17.1 Å². The van der Waals surface area contributed by atoms with Crippen molar-refractivity contribution in [1.82, 2.24) is 0 Å². The Morgan fingerprint density at radius 2 is 1.79 bits per heavy atom. The fourth-order valence-electron chi connectivity index (χ4n) is 2.20. The smallest absolute Gasteiger partial charge is 0.178 e. The number of furan rings is 1. The molecule has 0 aliphatic carbocycles. The third-order valence-corrected chi connectivity index (χ3v) is 4.44. The minimum atomic E-state index is 0.473. The third kappa shape index (κ3) is 4.09. The summed E-state index contributed by atoms with van der Waals surface area (Å²) in [6.07, 6.45) is 1.63. The van der Waals surface area contributed by atoms with Gasteiger partial charge in [0.2, 0.25) is 0 Å². The molecule has 122 valence electrons. The van der Waals surface area contributed by atoms with Crippen LogP contribution in [-0.2, 0) is 6.54 Å². The highest BCUT2D eigenvalue weighted by Crippen LogP contribution is 2.28. The average Bonchev–Trinajstić information content (AvgIpc) is 3.09. The van der Waals surface area contributed by atoms with E-state index in [1.165, 1.54) is 0 Å². The number of nitrogens with zero attached hydrogens (tertiary/aromatic N) is 1. The Bertz CT molecular complexity index is 822. The van der Waals surface area contributed by atoms with Gasteiger partial charge in [-0.2, -0.15) is 0 Å². The van der Waals surface area contributed by atoms with Crippen molar-refractivity contribution in [2.24, 2.45) is 0 Å². The first kappa shape index (κ1) is 16.8. The van der Waals surface area contributed by atoms with E-state index in [-0.39, 0.29) is 0 Å². The van der Waals surface area contributed by atoms with Crippen molar-refractivity contribution in [3.05, 3.63) is 82.7 Å². The number of hydrogen-bond acceptors (Lipinski definition) is 2. The molecule has 0 bridgehead atoms. The Balaban J connectivity index is 1.88. The van der Waals surface area contributed by atoms with Gasteiger partial charge in [-0.05, 0) is 54.7 Å². The van der Waals surface area contributed by atoms with Crippen LogP contribution in [0.4, 0.5) is 11.4 Å². The molecule has 0 atom stereocenters. The van der Waals surface area contributed by atoms with Crippen LogP contribution < -0.4 is 10.2 Å². The van der Waals surface area contributed by atoms with Gasteiger partial charge in [-0.3, -0.25) is 0 Å². The Morgan fingerprint density at radius 1 is 1.00 bits per heavy atom. The number of rotatable bonds is 4. The van der Waals surface area contributed by atoms with Crippen LogP contribution in [0.3, 0.4) is 0 Å². The Kier molecular flexibility index (Phi) is 5.41.